The Hall–Kier alpha value is -1.47. The van der Waals surface area contributed by atoms with Crippen molar-refractivity contribution in [2.24, 2.45) is 0 Å². The van der Waals surface area contributed by atoms with E-state index in [0.717, 1.165) is 18.6 Å². The molecule has 0 spiro atoms. The van der Waals surface area contributed by atoms with Crippen LogP contribution in [0.3, 0.4) is 0 Å². The molecule has 0 saturated carbocycles. The quantitative estimate of drug-likeness (QED) is 0.746. The molecular weight excluding hydrogens is 297 g/mol. The van der Waals surface area contributed by atoms with Crippen molar-refractivity contribution in [1.82, 2.24) is 4.72 Å². The molecule has 7 heteroatoms. The molecule has 0 fully saturated rings. The number of halogens is 1. The van der Waals surface area contributed by atoms with E-state index >= 15 is 0 Å². The summed E-state index contributed by atoms with van der Waals surface area (Å²) in [7, 11) is -4.11. The minimum Gasteiger partial charge on any atom is -0.465 e. The number of sulfonamides is 1. The molecule has 1 unspecified atom stereocenters. The number of nitrogens with one attached hydrogen (secondary N) is 1. The van der Waals surface area contributed by atoms with E-state index in [0.29, 0.717) is 12.8 Å². The van der Waals surface area contributed by atoms with Gasteiger partial charge in [-0.15, -0.1) is 0 Å². The summed E-state index contributed by atoms with van der Waals surface area (Å²) in [6, 6.07) is 4.02. The van der Waals surface area contributed by atoms with Crippen molar-refractivity contribution in [2.45, 2.75) is 44.0 Å². The van der Waals surface area contributed by atoms with Crippen molar-refractivity contribution in [3.63, 3.8) is 0 Å². The van der Waals surface area contributed by atoms with E-state index in [-0.39, 0.29) is 6.61 Å². The molecule has 0 heterocycles. The smallest absolute Gasteiger partial charge is 0.324 e. The van der Waals surface area contributed by atoms with Crippen molar-refractivity contribution in [1.29, 1.82) is 0 Å². The maximum Gasteiger partial charge on any atom is 0.324 e. The Bertz CT molecular complexity index is 574. The molecule has 1 atom stereocenters. The first-order chi connectivity index (χ1) is 9.92. The predicted molar refractivity (Wildman–Crippen MR) is 76.7 cm³/mol. The highest BCUT2D eigenvalue weighted by molar-refractivity contribution is 7.89. The SMILES string of the molecule is CCCCC(NS(=O)(=O)c1ccccc1F)C(=O)OCC. The molecule has 118 valence electrons. The molecule has 21 heavy (non-hydrogen) atoms. The molecule has 1 N–H and O–H groups in total. The summed E-state index contributed by atoms with van der Waals surface area (Å²) in [5.41, 5.74) is 0. The number of esters is 1. The maximum atomic E-state index is 13.6. The van der Waals surface area contributed by atoms with Crippen molar-refractivity contribution in [3.8, 4) is 0 Å². The molecule has 0 amide bonds. The van der Waals surface area contributed by atoms with Crippen molar-refractivity contribution in [2.75, 3.05) is 6.61 Å². The van der Waals surface area contributed by atoms with Crippen LogP contribution in [0.4, 0.5) is 4.39 Å². The van der Waals surface area contributed by atoms with Gasteiger partial charge in [-0.2, -0.15) is 4.72 Å². The van der Waals surface area contributed by atoms with Gasteiger partial charge in [0.25, 0.3) is 0 Å². The summed E-state index contributed by atoms with van der Waals surface area (Å²) in [5, 5.41) is 0. The topological polar surface area (TPSA) is 72.5 Å². The standard InChI is InChI=1S/C14H20FNO4S/c1-3-5-9-12(14(17)20-4-2)16-21(18,19)13-10-7-6-8-11(13)15/h6-8,10,12,16H,3-5,9H2,1-2H3. The third-order valence-electron chi connectivity index (χ3n) is 2.84. The van der Waals surface area contributed by atoms with Gasteiger partial charge in [0.05, 0.1) is 6.61 Å². The molecule has 0 radical (unpaired) electrons. The van der Waals surface area contributed by atoms with Crippen molar-refractivity contribution in [3.05, 3.63) is 30.1 Å². The molecule has 0 bridgehead atoms. The van der Waals surface area contributed by atoms with Gasteiger partial charge in [0.15, 0.2) is 0 Å². The first-order valence-corrected chi connectivity index (χ1v) is 8.34. The van der Waals surface area contributed by atoms with Gasteiger partial charge in [0.1, 0.15) is 16.8 Å². The Labute approximate surface area is 124 Å². The first kappa shape index (κ1) is 17.6. The van der Waals surface area contributed by atoms with Crippen LogP contribution in [0.15, 0.2) is 29.2 Å². The lowest BCUT2D eigenvalue weighted by Gasteiger charge is -2.17. The summed E-state index contributed by atoms with van der Waals surface area (Å²) in [5.74, 6) is -1.51. The van der Waals surface area contributed by atoms with Gasteiger partial charge in [-0.3, -0.25) is 4.79 Å². The highest BCUT2D eigenvalue weighted by atomic mass is 32.2. The fourth-order valence-corrected chi connectivity index (χ4v) is 3.09. The zero-order valence-electron chi connectivity index (χ0n) is 12.1. The van der Waals surface area contributed by atoms with Crippen molar-refractivity contribution < 1.29 is 22.3 Å². The van der Waals surface area contributed by atoms with Crippen LogP contribution in [0.2, 0.25) is 0 Å². The molecule has 0 aliphatic carbocycles. The molecule has 5 nitrogen and oxygen atoms in total. The number of rotatable bonds is 8. The van der Waals surface area contributed by atoms with E-state index in [4.69, 9.17) is 4.74 Å². The summed E-state index contributed by atoms with van der Waals surface area (Å²) in [6.45, 7) is 3.72. The summed E-state index contributed by atoms with van der Waals surface area (Å²) < 4.78 is 45.0. The first-order valence-electron chi connectivity index (χ1n) is 6.85. The lowest BCUT2D eigenvalue weighted by Crippen LogP contribution is -2.42. The Balaban J connectivity index is 2.95. The Morgan fingerprint density at radius 3 is 2.57 bits per heavy atom. The highest BCUT2D eigenvalue weighted by Gasteiger charge is 2.27. The van der Waals surface area contributed by atoms with Gasteiger partial charge in [0, 0.05) is 0 Å². The van der Waals surface area contributed by atoms with Crippen LogP contribution in [0.1, 0.15) is 33.1 Å². The fraction of sp³-hybridized carbons (Fsp3) is 0.500. The number of unbranched alkanes of at least 4 members (excludes halogenated alkanes) is 1. The van der Waals surface area contributed by atoms with Crippen LogP contribution in [0.25, 0.3) is 0 Å². The molecule has 0 aromatic heterocycles. The highest BCUT2D eigenvalue weighted by Crippen LogP contribution is 2.15. The Morgan fingerprint density at radius 2 is 2.00 bits per heavy atom. The maximum absolute atomic E-state index is 13.6. The minimum atomic E-state index is -4.11. The van der Waals surface area contributed by atoms with Crippen LogP contribution in [0.5, 0.6) is 0 Å². The van der Waals surface area contributed by atoms with Crippen LogP contribution in [0, 0.1) is 5.82 Å². The fourth-order valence-electron chi connectivity index (χ4n) is 1.79. The van der Waals surface area contributed by atoms with E-state index < -0.39 is 32.7 Å². The van der Waals surface area contributed by atoms with Crippen LogP contribution in [-0.2, 0) is 19.6 Å². The van der Waals surface area contributed by atoms with Gasteiger partial charge in [-0.05, 0) is 25.5 Å². The van der Waals surface area contributed by atoms with E-state index in [9.17, 15) is 17.6 Å². The zero-order valence-corrected chi connectivity index (χ0v) is 13.0. The number of hydrogen-bond acceptors (Lipinski definition) is 4. The van der Waals surface area contributed by atoms with E-state index in [1.54, 1.807) is 6.92 Å². The molecule has 0 aliphatic rings. The summed E-state index contributed by atoms with van der Waals surface area (Å²) in [4.78, 5) is 11.3. The summed E-state index contributed by atoms with van der Waals surface area (Å²) >= 11 is 0. The van der Waals surface area contributed by atoms with E-state index in [2.05, 4.69) is 4.72 Å². The van der Waals surface area contributed by atoms with Crippen LogP contribution in [-0.4, -0.2) is 27.0 Å². The third-order valence-corrected chi connectivity index (χ3v) is 4.35. The molecular formula is C14H20FNO4S. The van der Waals surface area contributed by atoms with E-state index in [1.807, 2.05) is 6.92 Å². The minimum absolute atomic E-state index is 0.156. The van der Waals surface area contributed by atoms with Gasteiger partial charge >= 0.3 is 5.97 Å². The lowest BCUT2D eigenvalue weighted by atomic mass is 10.1. The van der Waals surface area contributed by atoms with Gasteiger partial charge in [-0.1, -0.05) is 31.9 Å². The second-order valence-electron chi connectivity index (χ2n) is 4.50. The Kier molecular flexibility index (Phi) is 6.77. The second kappa shape index (κ2) is 8.09. The molecule has 0 saturated heterocycles. The average Bonchev–Trinajstić information content (AvgIpc) is 2.43. The van der Waals surface area contributed by atoms with Crippen molar-refractivity contribution >= 4 is 16.0 Å². The van der Waals surface area contributed by atoms with Crippen LogP contribution < -0.4 is 4.72 Å². The molecule has 1 rings (SSSR count). The predicted octanol–water partition coefficient (Wildman–Crippen LogP) is 2.23. The number of benzene rings is 1. The lowest BCUT2D eigenvalue weighted by molar-refractivity contribution is -0.145. The van der Waals surface area contributed by atoms with E-state index in [1.165, 1.54) is 12.1 Å². The molecule has 1 aromatic rings. The number of hydrogen-bond donors (Lipinski definition) is 1. The third kappa shape index (κ3) is 5.09. The Morgan fingerprint density at radius 1 is 1.33 bits per heavy atom. The van der Waals surface area contributed by atoms with Gasteiger partial charge < -0.3 is 4.74 Å². The largest absolute Gasteiger partial charge is 0.465 e. The number of carbonyl (C=O) groups excluding carboxylic acids is 1. The van der Waals surface area contributed by atoms with Gasteiger partial charge in [-0.25, -0.2) is 12.8 Å². The molecule has 0 aliphatic heterocycles. The molecule has 1 aromatic carbocycles. The zero-order chi connectivity index (χ0) is 15.9. The summed E-state index contributed by atoms with van der Waals surface area (Å²) in [6.07, 6.45) is 1.77. The number of ether oxygens (including phenoxy) is 1. The van der Waals surface area contributed by atoms with Crippen LogP contribution >= 0.6 is 0 Å². The monoisotopic (exact) mass is 317 g/mol. The second-order valence-corrected chi connectivity index (χ2v) is 6.18. The average molecular weight is 317 g/mol. The normalized spacial score (nSPS) is 12.9. The van der Waals surface area contributed by atoms with Gasteiger partial charge in [0.2, 0.25) is 10.0 Å². The number of carbonyl (C=O) groups is 1.